The molecule has 7 heteroatoms. The van der Waals surface area contributed by atoms with E-state index in [0.717, 1.165) is 17.9 Å². The highest BCUT2D eigenvalue weighted by atomic mass is 32.2. The molecule has 2 heterocycles. The van der Waals surface area contributed by atoms with Crippen molar-refractivity contribution in [2.24, 2.45) is 5.92 Å². The molecule has 0 saturated carbocycles. The number of rotatable bonds is 2. The lowest BCUT2D eigenvalue weighted by molar-refractivity contribution is -0.155. The number of carbonyl (C=O) groups is 3. The van der Waals surface area contributed by atoms with Gasteiger partial charge in [-0.3, -0.25) is 9.59 Å². The predicted molar refractivity (Wildman–Crippen MR) is 61.6 cm³/mol. The highest BCUT2D eigenvalue weighted by Crippen LogP contribution is 2.26. The maximum absolute atomic E-state index is 12.1. The van der Waals surface area contributed by atoms with Gasteiger partial charge in [0.05, 0.1) is 0 Å². The molecule has 0 aromatic rings. The standard InChI is InChI=1S/C10H14N2O4S/c13-8-4-12(7(3-11-8)10(15)16)9(14)6-1-2-17-5-6/h6-7H,1-5H2,(H,11,13)(H,15,16). The second-order valence-corrected chi connectivity index (χ2v) is 5.33. The molecule has 2 atom stereocenters. The zero-order valence-electron chi connectivity index (χ0n) is 9.22. The second kappa shape index (κ2) is 4.95. The van der Waals surface area contributed by atoms with Crippen LogP contribution in [0.15, 0.2) is 0 Å². The van der Waals surface area contributed by atoms with Crippen molar-refractivity contribution in [2.45, 2.75) is 12.5 Å². The predicted octanol–water partition coefficient (Wildman–Crippen LogP) is -0.849. The first-order valence-electron chi connectivity index (χ1n) is 5.47. The summed E-state index contributed by atoms with van der Waals surface area (Å²) in [6.07, 6.45) is 0.772. The molecule has 0 aromatic carbocycles. The van der Waals surface area contributed by atoms with Crippen LogP contribution >= 0.6 is 11.8 Å². The van der Waals surface area contributed by atoms with Gasteiger partial charge in [-0.2, -0.15) is 11.8 Å². The van der Waals surface area contributed by atoms with E-state index in [-0.39, 0.29) is 30.8 Å². The number of carbonyl (C=O) groups excluding carboxylic acids is 2. The number of nitrogens with one attached hydrogen (secondary N) is 1. The topological polar surface area (TPSA) is 86.7 Å². The highest BCUT2D eigenvalue weighted by Gasteiger charge is 2.38. The molecular weight excluding hydrogens is 244 g/mol. The Labute approximate surface area is 103 Å². The maximum atomic E-state index is 12.1. The third-order valence-electron chi connectivity index (χ3n) is 3.03. The van der Waals surface area contributed by atoms with Crippen LogP contribution in [0.4, 0.5) is 0 Å². The molecule has 17 heavy (non-hydrogen) atoms. The molecule has 2 fully saturated rings. The molecule has 2 aliphatic heterocycles. The lowest BCUT2D eigenvalue weighted by Crippen LogP contribution is -2.60. The number of thioether (sulfide) groups is 1. The Bertz CT molecular complexity index is 354. The fourth-order valence-corrected chi connectivity index (χ4v) is 3.27. The molecule has 2 N–H and O–H groups in total. The molecule has 0 aliphatic carbocycles. The van der Waals surface area contributed by atoms with Gasteiger partial charge in [0.15, 0.2) is 0 Å². The number of hydrogen-bond donors (Lipinski definition) is 2. The maximum Gasteiger partial charge on any atom is 0.328 e. The van der Waals surface area contributed by atoms with Crippen LogP contribution in [-0.2, 0) is 14.4 Å². The van der Waals surface area contributed by atoms with E-state index in [4.69, 9.17) is 5.11 Å². The molecule has 6 nitrogen and oxygen atoms in total. The third kappa shape index (κ3) is 2.54. The molecule has 0 spiro atoms. The molecule has 0 aromatic heterocycles. The molecular formula is C10H14N2O4S. The summed E-state index contributed by atoms with van der Waals surface area (Å²) in [5, 5.41) is 11.5. The number of piperazine rings is 1. The number of amides is 2. The first-order valence-corrected chi connectivity index (χ1v) is 6.63. The molecule has 2 saturated heterocycles. The quantitative estimate of drug-likeness (QED) is 0.674. The second-order valence-electron chi connectivity index (χ2n) is 4.18. The van der Waals surface area contributed by atoms with Crippen molar-refractivity contribution in [1.29, 1.82) is 0 Å². The Morgan fingerprint density at radius 2 is 2.24 bits per heavy atom. The van der Waals surface area contributed by atoms with Crippen LogP contribution in [0.2, 0.25) is 0 Å². The summed E-state index contributed by atoms with van der Waals surface area (Å²) >= 11 is 1.69. The number of carboxylic acids is 1. The SMILES string of the molecule is O=C1CN(C(=O)C2CCSC2)C(C(=O)O)CN1. The number of hydrogen-bond acceptors (Lipinski definition) is 4. The van der Waals surface area contributed by atoms with Crippen molar-refractivity contribution in [3.63, 3.8) is 0 Å². The van der Waals surface area contributed by atoms with Gasteiger partial charge in [-0.1, -0.05) is 0 Å². The highest BCUT2D eigenvalue weighted by molar-refractivity contribution is 7.99. The van der Waals surface area contributed by atoms with Crippen molar-refractivity contribution >= 4 is 29.5 Å². The zero-order chi connectivity index (χ0) is 12.4. The van der Waals surface area contributed by atoms with Gasteiger partial charge in [-0.05, 0) is 12.2 Å². The van der Waals surface area contributed by atoms with Gasteiger partial charge in [0.1, 0.15) is 12.6 Å². The van der Waals surface area contributed by atoms with E-state index in [1.165, 1.54) is 4.90 Å². The largest absolute Gasteiger partial charge is 0.480 e. The zero-order valence-corrected chi connectivity index (χ0v) is 10.0. The van der Waals surface area contributed by atoms with Crippen LogP contribution in [0.1, 0.15) is 6.42 Å². The summed E-state index contributed by atoms with van der Waals surface area (Å²) in [4.78, 5) is 35.6. The number of aliphatic carboxylic acids is 1. The Hall–Kier alpha value is -1.24. The Morgan fingerprint density at radius 3 is 2.82 bits per heavy atom. The van der Waals surface area contributed by atoms with Crippen LogP contribution in [-0.4, -0.2) is 58.4 Å². The van der Waals surface area contributed by atoms with Gasteiger partial charge in [-0.25, -0.2) is 4.79 Å². The molecule has 2 unspecified atom stereocenters. The van der Waals surface area contributed by atoms with Crippen LogP contribution in [0.3, 0.4) is 0 Å². The number of carboxylic acid groups (broad SMARTS) is 1. The Kier molecular flexibility index (Phi) is 3.56. The van der Waals surface area contributed by atoms with E-state index >= 15 is 0 Å². The summed E-state index contributed by atoms with van der Waals surface area (Å²) in [5.74, 6) is -0.0345. The van der Waals surface area contributed by atoms with E-state index in [1.807, 2.05) is 0 Å². The molecule has 2 amide bonds. The first kappa shape index (κ1) is 12.2. The average Bonchev–Trinajstić information content (AvgIpc) is 2.80. The van der Waals surface area contributed by atoms with Gasteiger partial charge in [0, 0.05) is 18.2 Å². The minimum Gasteiger partial charge on any atom is -0.480 e. The molecule has 2 rings (SSSR count). The van der Waals surface area contributed by atoms with Gasteiger partial charge in [-0.15, -0.1) is 0 Å². The van der Waals surface area contributed by atoms with E-state index in [9.17, 15) is 14.4 Å². The monoisotopic (exact) mass is 258 g/mol. The Morgan fingerprint density at radius 1 is 1.47 bits per heavy atom. The molecule has 0 bridgehead atoms. The third-order valence-corrected chi connectivity index (χ3v) is 4.19. The minimum absolute atomic E-state index is 0.000229. The molecule has 0 radical (unpaired) electrons. The van der Waals surface area contributed by atoms with Crippen LogP contribution in [0.25, 0.3) is 0 Å². The van der Waals surface area contributed by atoms with Crippen molar-refractivity contribution in [2.75, 3.05) is 24.6 Å². The summed E-state index contributed by atoms with van der Waals surface area (Å²) in [6, 6.07) is -0.925. The summed E-state index contributed by atoms with van der Waals surface area (Å²) in [5.41, 5.74) is 0. The fourth-order valence-electron chi connectivity index (χ4n) is 2.06. The summed E-state index contributed by atoms with van der Waals surface area (Å²) in [7, 11) is 0. The van der Waals surface area contributed by atoms with Gasteiger partial charge in [0.25, 0.3) is 0 Å². The molecule has 2 aliphatic rings. The van der Waals surface area contributed by atoms with Gasteiger partial charge >= 0.3 is 5.97 Å². The minimum atomic E-state index is -1.07. The van der Waals surface area contributed by atoms with Crippen LogP contribution in [0.5, 0.6) is 0 Å². The van der Waals surface area contributed by atoms with Crippen molar-refractivity contribution in [3.05, 3.63) is 0 Å². The first-order chi connectivity index (χ1) is 8.09. The van der Waals surface area contributed by atoms with E-state index in [0.29, 0.717) is 0 Å². The lowest BCUT2D eigenvalue weighted by atomic mass is 10.0. The Balaban J connectivity index is 2.10. The van der Waals surface area contributed by atoms with Crippen molar-refractivity contribution in [1.82, 2.24) is 10.2 Å². The average molecular weight is 258 g/mol. The van der Waals surface area contributed by atoms with Crippen LogP contribution < -0.4 is 5.32 Å². The van der Waals surface area contributed by atoms with E-state index < -0.39 is 12.0 Å². The summed E-state index contributed by atoms with van der Waals surface area (Å²) in [6.45, 7) is -0.142. The fraction of sp³-hybridized carbons (Fsp3) is 0.700. The van der Waals surface area contributed by atoms with E-state index in [2.05, 4.69) is 5.32 Å². The van der Waals surface area contributed by atoms with Gasteiger partial charge in [0.2, 0.25) is 11.8 Å². The van der Waals surface area contributed by atoms with Crippen LogP contribution in [0, 0.1) is 5.92 Å². The summed E-state index contributed by atoms with van der Waals surface area (Å²) < 4.78 is 0. The van der Waals surface area contributed by atoms with Crippen molar-refractivity contribution < 1.29 is 19.5 Å². The number of nitrogens with zero attached hydrogens (tertiary/aromatic N) is 1. The van der Waals surface area contributed by atoms with Crippen molar-refractivity contribution in [3.8, 4) is 0 Å². The lowest BCUT2D eigenvalue weighted by Gasteiger charge is -2.34. The smallest absolute Gasteiger partial charge is 0.328 e. The van der Waals surface area contributed by atoms with Gasteiger partial charge < -0.3 is 15.3 Å². The molecule has 94 valence electrons. The van der Waals surface area contributed by atoms with E-state index in [1.54, 1.807) is 11.8 Å². The normalized spacial score (nSPS) is 28.9.